The largest absolute Gasteiger partial charge is 0.353 e. The zero-order valence-electron chi connectivity index (χ0n) is 11.9. The van der Waals surface area contributed by atoms with Gasteiger partial charge in [-0.3, -0.25) is 9.59 Å². The topological polar surface area (TPSA) is 61.4 Å². The molecule has 2 heterocycles. The standard InChI is InChI=1S/C14H21N3O2S/c1-10(15-2)9-16-13(18)11-5-3-7-17(11)14(19)12-6-4-8-20-12/h4,6,8,10-11,15H,3,5,7,9H2,1-2H3,(H,16,18). The summed E-state index contributed by atoms with van der Waals surface area (Å²) in [6.45, 7) is 3.24. The van der Waals surface area contributed by atoms with E-state index in [2.05, 4.69) is 10.6 Å². The van der Waals surface area contributed by atoms with Crippen molar-refractivity contribution in [1.82, 2.24) is 15.5 Å². The number of hydrogen-bond acceptors (Lipinski definition) is 4. The van der Waals surface area contributed by atoms with Gasteiger partial charge in [-0.05, 0) is 38.3 Å². The van der Waals surface area contributed by atoms with E-state index in [0.717, 1.165) is 12.8 Å². The molecule has 0 bridgehead atoms. The number of hydrogen-bond donors (Lipinski definition) is 2. The fourth-order valence-electron chi connectivity index (χ4n) is 2.30. The van der Waals surface area contributed by atoms with Crippen molar-refractivity contribution in [1.29, 1.82) is 0 Å². The average Bonchev–Trinajstić information content (AvgIpc) is 3.13. The molecule has 2 unspecified atom stereocenters. The zero-order chi connectivity index (χ0) is 14.5. The maximum absolute atomic E-state index is 12.4. The van der Waals surface area contributed by atoms with E-state index in [1.807, 2.05) is 31.5 Å². The second-order valence-electron chi connectivity index (χ2n) is 5.07. The summed E-state index contributed by atoms with van der Waals surface area (Å²) in [5.74, 6) is -0.0752. The van der Waals surface area contributed by atoms with Crippen molar-refractivity contribution in [2.24, 2.45) is 0 Å². The third-order valence-corrected chi connectivity index (χ3v) is 4.48. The number of rotatable bonds is 5. The van der Waals surface area contributed by atoms with Crippen molar-refractivity contribution in [3.8, 4) is 0 Å². The molecule has 1 fully saturated rings. The average molecular weight is 295 g/mol. The first-order valence-electron chi connectivity index (χ1n) is 6.93. The van der Waals surface area contributed by atoms with Crippen LogP contribution in [0.25, 0.3) is 0 Å². The van der Waals surface area contributed by atoms with E-state index in [4.69, 9.17) is 0 Å². The van der Waals surface area contributed by atoms with E-state index in [9.17, 15) is 9.59 Å². The molecule has 2 amide bonds. The number of nitrogens with one attached hydrogen (secondary N) is 2. The van der Waals surface area contributed by atoms with E-state index in [-0.39, 0.29) is 23.9 Å². The van der Waals surface area contributed by atoms with Crippen LogP contribution in [0.2, 0.25) is 0 Å². The molecule has 0 aromatic carbocycles. The number of amides is 2. The first-order valence-corrected chi connectivity index (χ1v) is 7.81. The molecule has 5 nitrogen and oxygen atoms in total. The molecular weight excluding hydrogens is 274 g/mol. The summed E-state index contributed by atoms with van der Waals surface area (Å²) < 4.78 is 0. The van der Waals surface area contributed by atoms with Gasteiger partial charge in [0.1, 0.15) is 6.04 Å². The molecule has 1 aromatic heterocycles. The van der Waals surface area contributed by atoms with Gasteiger partial charge in [0, 0.05) is 19.1 Å². The van der Waals surface area contributed by atoms with Crippen LogP contribution in [-0.4, -0.2) is 48.9 Å². The lowest BCUT2D eigenvalue weighted by molar-refractivity contribution is -0.124. The molecule has 20 heavy (non-hydrogen) atoms. The third-order valence-electron chi connectivity index (χ3n) is 3.62. The van der Waals surface area contributed by atoms with Gasteiger partial charge in [-0.2, -0.15) is 0 Å². The Bertz CT molecular complexity index is 461. The van der Waals surface area contributed by atoms with Crippen LogP contribution < -0.4 is 10.6 Å². The number of thiophene rings is 1. The molecular formula is C14H21N3O2S. The van der Waals surface area contributed by atoms with E-state index in [1.54, 1.807) is 4.90 Å². The number of nitrogens with zero attached hydrogens (tertiary/aromatic N) is 1. The summed E-state index contributed by atoms with van der Waals surface area (Å²) in [4.78, 5) is 27.0. The molecule has 110 valence electrons. The Balaban J connectivity index is 1.96. The van der Waals surface area contributed by atoms with Crippen molar-refractivity contribution in [2.75, 3.05) is 20.1 Å². The summed E-state index contributed by atoms with van der Waals surface area (Å²) >= 11 is 1.42. The Labute approximate surface area is 123 Å². The normalized spacial score (nSPS) is 19.9. The van der Waals surface area contributed by atoms with Crippen LogP contribution in [0, 0.1) is 0 Å². The fraction of sp³-hybridized carbons (Fsp3) is 0.571. The van der Waals surface area contributed by atoms with Gasteiger partial charge in [-0.25, -0.2) is 0 Å². The molecule has 0 radical (unpaired) electrons. The third kappa shape index (κ3) is 3.37. The molecule has 0 spiro atoms. The molecule has 0 aliphatic carbocycles. The van der Waals surface area contributed by atoms with Crippen LogP contribution in [0.15, 0.2) is 17.5 Å². The minimum Gasteiger partial charge on any atom is -0.353 e. The van der Waals surface area contributed by atoms with Crippen LogP contribution in [0.1, 0.15) is 29.4 Å². The number of likely N-dealkylation sites (tertiary alicyclic amines) is 1. The lowest BCUT2D eigenvalue weighted by Crippen LogP contribution is -2.48. The second kappa shape index (κ2) is 6.85. The van der Waals surface area contributed by atoms with E-state index in [0.29, 0.717) is 18.0 Å². The van der Waals surface area contributed by atoms with Crippen LogP contribution >= 0.6 is 11.3 Å². The molecule has 2 rings (SSSR count). The highest BCUT2D eigenvalue weighted by atomic mass is 32.1. The monoisotopic (exact) mass is 295 g/mol. The maximum atomic E-state index is 12.4. The second-order valence-corrected chi connectivity index (χ2v) is 6.02. The van der Waals surface area contributed by atoms with Gasteiger partial charge < -0.3 is 15.5 Å². The van der Waals surface area contributed by atoms with Gasteiger partial charge in [0.15, 0.2) is 0 Å². The maximum Gasteiger partial charge on any atom is 0.264 e. The lowest BCUT2D eigenvalue weighted by Gasteiger charge is -2.24. The van der Waals surface area contributed by atoms with E-state index < -0.39 is 0 Å². The van der Waals surface area contributed by atoms with Gasteiger partial charge in [0.2, 0.25) is 5.91 Å². The molecule has 1 aromatic rings. The van der Waals surface area contributed by atoms with E-state index in [1.165, 1.54) is 11.3 Å². The molecule has 2 N–H and O–H groups in total. The summed E-state index contributed by atoms with van der Waals surface area (Å²) in [6.07, 6.45) is 1.63. The predicted molar refractivity (Wildman–Crippen MR) is 79.9 cm³/mol. The first-order chi connectivity index (χ1) is 9.63. The van der Waals surface area contributed by atoms with Gasteiger partial charge >= 0.3 is 0 Å². The highest BCUT2D eigenvalue weighted by molar-refractivity contribution is 7.12. The highest BCUT2D eigenvalue weighted by Gasteiger charge is 2.34. The number of carbonyl (C=O) groups excluding carboxylic acids is 2. The SMILES string of the molecule is CNC(C)CNC(=O)C1CCCN1C(=O)c1cccs1. The Hall–Kier alpha value is -1.40. The summed E-state index contributed by atoms with van der Waals surface area (Å²) in [5, 5.41) is 7.87. The first kappa shape index (κ1) is 15.0. The minimum absolute atomic E-state index is 0.0284. The highest BCUT2D eigenvalue weighted by Crippen LogP contribution is 2.22. The van der Waals surface area contributed by atoms with Crippen molar-refractivity contribution < 1.29 is 9.59 Å². The Morgan fingerprint density at radius 2 is 2.35 bits per heavy atom. The Kier molecular flexibility index (Phi) is 5.14. The molecule has 1 aliphatic heterocycles. The molecule has 1 saturated heterocycles. The Morgan fingerprint density at radius 1 is 1.55 bits per heavy atom. The minimum atomic E-state index is -0.325. The van der Waals surface area contributed by atoms with Crippen LogP contribution in [0.3, 0.4) is 0 Å². The molecule has 0 saturated carbocycles. The van der Waals surface area contributed by atoms with Gasteiger partial charge in [0.25, 0.3) is 5.91 Å². The van der Waals surface area contributed by atoms with Gasteiger partial charge in [-0.1, -0.05) is 6.07 Å². The van der Waals surface area contributed by atoms with Crippen LogP contribution in [0.4, 0.5) is 0 Å². The smallest absolute Gasteiger partial charge is 0.264 e. The van der Waals surface area contributed by atoms with Crippen LogP contribution in [-0.2, 0) is 4.79 Å². The number of likely N-dealkylation sites (N-methyl/N-ethyl adjacent to an activating group) is 1. The molecule has 6 heteroatoms. The summed E-state index contributed by atoms with van der Waals surface area (Å²) in [7, 11) is 1.86. The number of carbonyl (C=O) groups is 2. The van der Waals surface area contributed by atoms with Crippen molar-refractivity contribution in [3.63, 3.8) is 0 Å². The molecule has 1 aliphatic rings. The fourth-order valence-corrected chi connectivity index (χ4v) is 2.98. The Morgan fingerprint density at radius 3 is 3.00 bits per heavy atom. The van der Waals surface area contributed by atoms with Crippen LogP contribution in [0.5, 0.6) is 0 Å². The summed E-state index contributed by atoms with van der Waals surface area (Å²) in [5.41, 5.74) is 0. The van der Waals surface area contributed by atoms with E-state index >= 15 is 0 Å². The zero-order valence-corrected chi connectivity index (χ0v) is 12.7. The quantitative estimate of drug-likeness (QED) is 0.854. The van der Waals surface area contributed by atoms with Crippen molar-refractivity contribution >= 4 is 23.2 Å². The lowest BCUT2D eigenvalue weighted by atomic mass is 10.2. The van der Waals surface area contributed by atoms with Crippen molar-refractivity contribution in [2.45, 2.75) is 31.8 Å². The van der Waals surface area contributed by atoms with Gasteiger partial charge in [0.05, 0.1) is 4.88 Å². The predicted octanol–water partition coefficient (Wildman–Crippen LogP) is 1.08. The summed E-state index contributed by atoms with van der Waals surface area (Å²) in [6, 6.07) is 3.57. The van der Waals surface area contributed by atoms with Gasteiger partial charge in [-0.15, -0.1) is 11.3 Å². The molecule has 2 atom stereocenters. The van der Waals surface area contributed by atoms with Crippen molar-refractivity contribution in [3.05, 3.63) is 22.4 Å².